The fourth-order valence-corrected chi connectivity index (χ4v) is 2.30. The molecule has 0 spiro atoms. The topological polar surface area (TPSA) is 57.0 Å². The molecule has 0 bridgehead atoms. The van der Waals surface area contributed by atoms with Gasteiger partial charge in [0, 0.05) is 7.05 Å². The summed E-state index contributed by atoms with van der Waals surface area (Å²) in [6, 6.07) is 11.6. The van der Waals surface area contributed by atoms with Crippen LogP contribution in [0.15, 0.2) is 40.8 Å². The Balaban J connectivity index is 2.21. The summed E-state index contributed by atoms with van der Waals surface area (Å²) in [5.74, 6) is 1.20. The minimum atomic E-state index is 0.332. The highest BCUT2D eigenvalue weighted by atomic mass is 35.5. The fourth-order valence-electron chi connectivity index (χ4n) is 2.16. The molecular formula is C15H14ClN3O. The number of nitrogen functional groups attached to an aromatic ring is 1. The molecule has 1 aromatic carbocycles. The lowest BCUT2D eigenvalue weighted by molar-refractivity contribution is 0.580. The monoisotopic (exact) mass is 287 g/mol. The zero-order valence-corrected chi connectivity index (χ0v) is 12.0. The Kier molecular flexibility index (Phi) is 3.03. The van der Waals surface area contributed by atoms with Gasteiger partial charge in [-0.15, -0.1) is 0 Å². The lowest BCUT2D eigenvalue weighted by atomic mass is 10.0. The molecular weight excluding hydrogens is 274 g/mol. The summed E-state index contributed by atoms with van der Waals surface area (Å²) in [6.45, 7) is 2.05. The zero-order valence-electron chi connectivity index (χ0n) is 11.2. The normalized spacial score (nSPS) is 10.9. The van der Waals surface area contributed by atoms with Crippen molar-refractivity contribution in [3.63, 3.8) is 0 Å². The van der Waals surface area contributed by atoms with Gasteiger partial charge in [-0.25, -0.2) is 0 Å². The highest BCUT2D eigenvalue weighted by Gasteiger charge is 2.19. The smallest absolute Gasteiger partial charge is 0.194 e. The van der Waals surface area contributed by atoms with E-state index in [1.807, 2.05) is 31.2 Å². The third-order valence-corrected chi connectivity index (χ3v) is 3.44. The number of benzene rings is 1. The summed E-state index contributed by atoms with van der Waals surface area (Å²) in [5.41, 5.74) is 9.90. The Morgan fingerprint density at radius 1 is 1.15 bits per heavy atom. The van der Waals surface area contributed by atoms with Gasteiger partial charge in [-0.05, 0) is 36.2 Å². The van der Waals surface area contributed by atoms with Crippen LogP contribution < -0.4 is 5.73 Å². The Bertz CT molecular complexity index is 756. The van der Waals surface area contributed by atoms with Crippen molar-refractivity contribution in [2.45, 2.75) is 6.92 Å². The Labute approximate surface area is 121 Å². The molecule has 0 unspecified atom stereocenters. The first-order valence-corrected chi connectivity index (χ1v) is 6.59. The van der Waals surface area contributed by atoms with Crippen LogP contribution in [0.2, 0.25) is 5.22 Å². The Morgan fingerprint density at radius 3 is 2.45 bits per heavy atom. The number of nitrogens with zero attached hydrogens (tertiary/aromatic N) is 2. The van der Waals surface area contributed by atoms with Crippen molar-refractivity contribution in [2.24, 2.45) is 7.05 Å². The molecule has 0 atom stereocenters. The van der Waals surface area contributed by atoms with E-state index < -0.39 is 0 Å². The molecule has 3 rings (SSSR count). The predicted molar refractivity (Wildman–Crippen MR) is 80.5 cm³/mol. The summed E-state index contributed by atoms with van der Waals surface area (Å²) in [7, 11) is 1.81. The van der Waals surface area contributed by atoms with Gasteiger partial charge >= 0.3 is 0 Å². The lowest BCUT2D eigenvalue weighted by Gasteiger charge is -2.03. The second-order valence-electron chi connectivity index (χ2n) is 4.70. The molecule has 0 saturated heterocycles. The summed E-state index contributed by atoms with van der Waals surface area (Å²) in [6.07, 6.45) is 0. The molecule has 102 valence electrons. The molecule has 4 nitrogen and oxygen atoms in total. The van der Waals surface area contributed by atoms with E-state index in [1.54, 1.807) is 23.9 Å². The van der Waals surface area contributed by atoms with Crippen LogP contribution in [0.5, 0.6) is 0 Å². The van der Waals surface area contributed by atoms with Gasteiger partial charge < -0.3 is 10.2 Å². The second kappa shape index (κ2) is 4.72. The van der Waals surface area contributed by atoms with Crippen LogP contribution >= 0.6 is 11.6 Å². The maximum absolute atomic E-state index is 6.14. The number of hydrogen-bond donors (Lipinski definition) is 1. The van der Waals surface area contributed by atoms with E-state index in [1.165, 1.54) is 5.56 Å². The molecule has 0 aliphatic carbocycles. The van der Waals surface area contributed by atoms with Gasteiger partial charge in [0.25, 0.3) is 0 Å². The van der Waals surface area contributed by atoms with Crippen molar-refractivity contribution in [1.82, 2.24) is 9.78 Å². The van der Waals surface area contributed by atoms with Crippen molar-refractivity contribution < 1.29 is 4.42 Å². The number of anilines is 1. The molecule has 0 amide bonds. The van der Waals surface area contributed by atoms with Gasteiger partial charge in [0.1, 0.15) is 11.5 Å². The fraction of sp³-hybridized carbons (Fsp3) is 0.133. The van der Waals surface area contributed by atoms with Gasteiger partial charge in [-0.3, -0.25) is 4.68 Å². The second-order valence-corrected chi connectivity index (χ2v) is 5.07. The molecule has 2 aromatic heterocycles. The van der Waals surface area contributed by atoms with E-state index >= 15 is 0 Å². The van der Waals surface area contributed by atoms with Crippen LogP contribution in [0, 0.1) is 6.92 Å². The highest BCUT2D eigenvalue weighted by Crippen LogP contribution is 2.37. The quantitative estimate of drug-likeness (QED) is 0.778. The maximum Gasteiger partial charge on any atom is 0.194 e. The van der Waals surface area contributed by atoms with Gasteiger partial charge in [0.15, 0.2) is 11.0 Å². The SMILES string of the molecule is Cc1ccc(-c2c(-c3ccc(Cl)o3)nn(C)c2N)cc1. The van der Waals surface area contributed by atoms with Crippen LogP contribution in [0.1, 0.15) is 5.56 Å². The number of hydrogen-bond acceptors (Lipinski definition) is 3. The Hall–Kier alpha value is -2.20. The summed E-state index contributed by atoms with van der Waals surface area (Å²) in [5, 5.41) is 4.76. The van der Waals surface area contributed by atoms with E-state index in [4.69, 9.17) is 21.8 Å². The molecule has 0 radical (unpaired) electrons. The van der Waals surface area contributed by atoms with E-state index in [0.29, 0.717) is 22.5 Å². The number of halogens is 1. The number of nitrogens with two attached hydrogens (primary N) is 1. The average molecular weight is 288 g/mol. The minimum Gasteiger partial charge on any atom is -0.443 e. The first-order valence-electron chi connectivity index (χ1n) is 6.21. The summed E-state index contributed by atoms with van der Waals surface area (Å²) in [4.78, 5) is 0. The minimum absolute atomic E-state index is 0.332. The van der Waals surface area contributed by atoms with Crippen LogP contribution in [-0.2, 0) is 7.05 Å². The van der Waals surface area contributed by atoms with Crippen molar-refractivity contribution >= 4 is 17.4 Å². The maximum atomic E-state index is 6.14. The molecule has 0 aliphatic rings. The van der Waals surface area contributed by atoms with E-state index in [2.05, 4.69) is 5.10 Å². The van der Waals surface area contributed by atoms with Crippen molar-refractivity contribution in [1.29, 1.82) is 0 Å². The summed E-state index contributed by atoms with van der Waals surface area (Å²) < 4.78 is 7.10. The third-order valence-electron chi connectivity index (χ3n) is 3.24. The first kappa shape index (κ1) is 12.8. The van der Waals surface area contributed by atoms with Gasteiger partial charge in [-0.2, -0.15) is 5.10 Å². The first-order chi connectivity index (χ1) is 9.56. The highest BCUT2D eigenvalue weighted by molar-refractivity contribution is 6.29. The van der Waals surface area contributed by atoms with E-state index in [0.717, 1.165) is 11.1 Å². The van der Waals surface area contributed by atoms with Crippen LogP contribution in [0.3, 0.4) is 0 Å². The molecule has 0 fully saturated rings. The largest absolute Gasteiger partial charge is 0.443 e. The molecule has 2 heterocycles. The Morgan fingerprint density at radius 2 is 1.85 bits per heavy atom. The lowest BCUT2D eigenvalue weighted by Crippen LogP contribution is -1.97. The molecule has 3 aromatic rings. The third kappa shape index (κ3) is 2.08. The zero-order chi connectivity index (χ0) is 14.3. The molecule has 20 heavy (non-hydrogen) atoms. The molecule has 5 heteroatoms. The van der Waals surface area contributed by atoms with Crippen molar-refractivity contribution in [3.8, 4) is 22.6 Å². The van der Waals surface area contributed by atoms with Crippen LogP contribution in [0.4, 0.5) is 5.82 Å². The standard InChI is InChI=1S/C15H14ClN3O/c1-9-3-5-10(6-4-9)13-14(18-19(2)15(13)17)11-7-8-12(16)20-11/h3-8H,17H2,1-2H3. The van der Waals surface area contributed by atoms with Crippen molar-refractivity contribution in [2.75, 3.05) is 5.73 Å². The predicted octanol–water partition coefficient (Wildman–Crippen LogP) is 3.89. The van der Waals surface area contributed by atoms with E-state index in [-0.39, 0.29) is 0 Å². The van der Waals surface area contributed by atoms with Gasteiger partial charge in [-0.1, -0.05) is 29.8 Å². The van der Waals surface area contributed by atoms with Crippen LogP contribution in [0.25, 0.3) is 22.6 Å². The van der Waals surface area contributed by atoms with Crippen LogP contribution in [-0.4, -0.2) is 9.78 Å². The average Bonchev–Trinajstić information content (AvgIpc) is 2.97. The van der Waals surface area contributed by atoms with Crippen molar-refractivity contribution in [3.05, 3.63) is 47.2 Å². The van der Waals surface area contributed by atoms with Gasteiger partial charge in [0.05, 0.1) is 5.56 Å². The number of aryl methyl sites for hydroxylation is 2. The number of furan rings is 1. The molecule has 0 aliphatic heterocycles. The number of aromatic nitrogens is 2. The molecule has 2 N–H and O–H groups in total. The molecule has 0 saturated carbocycles. The van der Waals surface area contributed by atoms with E-state index in [9.17, 15) is 0 Å². The summed E-state index contributed by atoms with van der Waals surface area (Å²) >= 11 is 5.84. The number of rotatable bonds is 2. The van der Waals surface area contributed by atoms with Gasteiger partial charge in [0.2, 0.25) is 0 Å².